The van der Waals surface area contributed by atoms with Gasteiger partial charge in [0.05, 0.1) is 7.11 Å². The fourth-order valence-electron chi connectivity index (χ4n) is 2.67. The highest BCUT2D eigenvalue weighted by atomic mass is 16.5. The molecule has 0 saturated heterocycles. The molecule has 0 radical (unpaired) electrons. The Morgan fingerprint density at radius 2 is 2.18 bits per heavy atom. The van der Waals surface area contributed by atoms with Gasteiger partial charge in [-0.05, 0) is 36.0 Å². The third-order valence-corrected chi connectivity index (χ3v) is 4.43. The molecule has 1 aliphatic rings. The topological polar surface area (TPSA) is 75.6 Å². The van der Waals surface area contributed by atoms with Crippen molar-refractivity contribution in [3.05, 3.63) is 29.8 Å². The van der Waals surface area contributed by atoms with Crippen molar-refractivity contribution in [1.82, 2.24) is 5.32 Å². The summed E-state index contributed by atoms with van der Waals surface area (Å²) in [6, 6.07) is 6.86. The van der Waals surface area contributed by atoms with E-state index in [4.69, 9.17) is 4.74 Å². The third-order valence-electron chi connectivity index (χ3n) is 4.43. The number of methoxy groups -OCH3 is 1. The second-order valence-electron chi connectivity index (χ2n) is 5.94. The second-order valence-corrected chi connectivity index (χ2v) is 5.94. The van der Waals surface area contributed by atoms with Gasteiger partial charge in [0, 0.05) is 5.92 Å². The van der Waals surface area contributed by atoms with Crippen LogP contribution in [0.3, 0.4) is 0 Å². The van der Waals surface area contributed by atoms with Gasteiger partial charge in [-0.2, -0.15) is 0 Å². The average molecular weight is 305 g/mol. The number of carbonyl (C=O) groups excluding carboxylic acids is 1. The average Bonchev–Trinajstić information content (AvgIpc) is 3.32. The summed E-state index contributed by atoms with van der Waals surface area (Å²) in [4.78, 5) is 23.6. The Morgan fingerprint density at radius 1 is 1.45 bits per heavy atom. The molecule has 1 aromatic carbocycles. The van der Waals surface area contributed by atoms with Crippen LogP contribution in [-0.2, 0) is 9.59 Å². The Labute approximate surface area is 130 Å². The van der Waals surface area contributed by atoms with Crippen molar-refractivity contribution in [2.45, 2.75) is 38.6 Å². The number of rotatable bonds is 7. The zero-order valence-corrected chi connectivity index (χ0v) is 13.2. The minimum absolute atomic E-state index is 0.0875. The number of ether oxygens (including phenoxy) is 1. The van der Waals surface area contributed by atoms with Gasteiger partial charge in [-0.15, -0.1) is 0 Å². The summed E-state index contributed by atoms with van der Waals surface area (Å²) in [6.07, 6.45) is 1.47. The number of hydrogen-bond acceptors (Lipinski definition) is 3. The van der Waals surface area contributed by atoms with Crippen LogP contribution in [0.1, 0.15) is 38.2 Å². The monoisotopic (exact) mass is 305 g/mol. The number of aliphatic carboxylic acids is 1. The molecule has 0 unspecified atom stereocenters. The SMILES string of the molecule is CC[C@H](C)[C@H](NC(=O)[C@H]1C[C@H]1c1cccc(OC)c1)C(=O)O. The lowest BCUT2D eigenvalue weighted by atomic mass is 9.99. The number of carbonyl (C=O) groups is 2. The molecule has 0 aliphatic heterocycles. The van der Waals surface area contributed by atoms with Gasteiger partial charge in [0.15, 0.2) is 0 Å². The van der Waals surface area contributed by atoms with Crippen LogP contribution >= 0.6 is 0 Å². The van der Waals surface area contributed by atoms with Crippen molar-refractivity contribution in [3.8, 4) is 5.75 Å². The van der Waals surface area contributed by atoms with Crippen molar-refractivity contribution in [2.75, 3.05) is 7.11 Å². The summed E-state index contributed by atoms with van der Waals surface area (Å²) < 4.78 is 5.19. The number of carboxylic acid groups (broad SMARTS) is 1. The van der Waals surface area contributed by atoms with E-state index < -0.39 is 12.0 Å². The predicted molar refractivity (Wildman–Crippen MR) is 82.9 cm³/mol. The molecule has 1 aliphatic carbocycles. The quantitative estimate of drug-likeness (QED) is 0.811. The maximum absolute atomic E-state index is 12.3. The van der Waals surface area contributed by atoms with Crippen LogP contribution in [0.25, 0.3) is 0 Å². The summed E-state index contributed by atoms with van der Waals surface area (Å²) in [5.41, 5.74) is 1.06. The predicted octanol–water partition coefficient (Wildman–Crippen LogP) is 2.41. The molecule has 22 heavy (non-hydrogen) atoms. The first-order chi connectivity index (χ1) is 10.5. The first-order valence-corrected chi connectivity index (χ1v) is 7.65. The molecule has 1 amide bonds. The fourth-order valence-corrected chi connectivity index (χ4v) is 2.67. The smallest absolute Gasteiger partial charge is 0.326 e. The van der Waals surface area contributed by atoms with E-state index >= 15 is 0 Å². The number of nitrogens with one attached hydrogen (secondary N) is 1. The van der Waals surface area contributed by atoms with Gasteiger partial charge in [0.2, 0.25) is 5.91 Å². The maximum Gasteiger partial charge on any atom is 0.326 e. The lowest BCUT2D eigenvalue weighted by Crippen LogP contribution is -2.45. The van der Waals surface area contributed by atoms with E-state index in [9.17, 15) is 14.7 Å². The third kappa shape index (κ3) is 3.59. The van der Waals surface area contributed by atoms with E-state index in [0.29, 0.717) is 6.42 Å². The van der Waals surface area contributed by atoms with E-state index in [-0.39, 0.29) is 23.7 Å². The normalized spacial score (nSPS) is 22.5. The highest BCUT2D eigenvalue weighted by molar-refractivity contribution is 5.87. The zero-order chi connectivity index (χ0) is 16.3. The van der Waals surface area contributed by atoms with Gasteiger partial charge in [-0.1, -0.05) is 32.4 Å². The van der Waals surface area contributed by atoms with Crippen LogP contribution in [0, 0.1) is 11.8 Å². The highest BCUT2D eigenvalue weighted by Crippen LogP contribution is 2.48. The van der Waals surface area contributed by atoms with E-state index in [0.717, 1.165) is 17.7 Å². The Morgan fingerprint density at radius 3 is 2.77 bits per heavy atom. The van der Waals surface area contributed by atoms with E-state index in [1.807, 2.05) is 38.1 Å². The summed E-state index contributed by atoms with van der Waals surface area (Å²) in [5, 5.41) is 11.9. The van der Waals surface area contributed by atoms with Crippen LogP contribution in [0.5, 0.6) is 5.75 Å². The lowest BCUT2D eigenvalue weighted by Gasteiger charge is -2.20. The van der Waals surface area contributed by atoms with Crippen LogP contribution < -0.4 is 10.1 Å². The molecule has 1 fully saturated rings. The molecule has 4 atom stereocenters. The van der Waals surface area contributed by atoms with E-state index in [1.165, 1.54) is 0 Å². The molecular formula is C17H23NO4. The molecular weight excluding hydrogens is 282 g/mol. The molecule has 2 rings (SSSR count). The molecule has 5 nitrogen and oxygen atoms in total. The summed E-state index contributed by atoms with van der Waals surface area (Å²) in [6.45, 7) is 3.76. The van der Waals surface area contributed by atoms with Crippen molar-refractivity contribution in [2.24, 2.45) is 11.8 Å². The first kappa shape index (κ1) is 16.3. The number of hydrogen-bond donors (Lipinski definition) is 2. The van der Waals surface area contributed by atoms with Crippen LogP contribution in [-0.4, -0.2) is 30.1 Å². The van der Waals surface area contributed by atoms with E-state index in [1.54, 1.807) is 7.11 Å². The largest absolute Gasteiger partial charge is 0.497 e. The summed E-state index contributed by atoms with van der Waals surface area (Å²) in [5.74, 6) is -0.441. The van der Waals surface area contributed by atoms with Gasteiger partial charge in [-0.25, -0.2) is 4.79 Å². The zero-order valence-electron chi connectivity index (χ0n) is 13.2. The van der Waals surface area contributed by atoms with Crippen molar-refractivity contribution < 1.29 is 19.4 Å². The minimum Gasteiger partial charge on any atom is -0.497 e. The molecule has 1 saturated carbocycles. The highest BCUT2D eigenvalue weighted by Gasteiger charge is 2.45. The van der Waals surface area contributed by atoms with Crippen molar-refractivity contribution in [3.63, 3.8) is 0 Å². The molecule has 5 heteroatoms. The van der Waals surface area contributed by atoms with Gasteiger partial charge < -0.3 is 15.2 Å². The molecule has 0 aromatic heterocycles. The maximum atomic E-state index is 12.3. The lowest BCUT2D eigenvalue weighted by molar-refractivity contribution is -0.143. The molecule has 0 spiro atoms. The van der Waals surface area contributed by atoms with Crippen LogP contribution in [0.4, 0.5) is 0 Å². The number of benzene rings is 1. The van der Waals surface area contributed by atoms with Crippen molar-refractivity contribution >= 4 is 11.9 Å². The minimum atomic E-state index is -0.971. The molecule has 120 valence electrons. The molecule has 1 aromatic rings. The van der Waals surface area contributed by atoms with Crippen molar-refractivity contribution in [1.29, 1.82) is 0 Å². The second kappa shape index (κ2) is 6.81. The molecule has 0 bridgehead atoms. The Balaban J connectivity index is 1.99. The van der Waals surface area contributed by atoms with Gasteiger partial charge >= 0.3 is 5.97 Å². The van der Waals surface area contributed by atoms with Gasteiger partial charge in [0.1, 0.15) is 11.8 Å². The standard InChI is InChI=1S/C17H23NO4/c1-4-10(2)15(17(20)21)18-16(19)14-9-13(14)11-6-5-7-12(8-11)22-3/h5-8,10,13-15H,4,9H2,1-3H3,(H,18,19)(H,20,21)/t10-,13-,14-,15-/m0/s1. The first-order valence-electron chi connectivity index (χ1n) is 7.65. The Kier molecular flexibility index (Phi) is 5.06. The summed E-state index contributed by atoms with van der Waals surface area (Å²) in [7, 11) is 1.61. The Hall–Kier alpha value is -2.04. The van der Waals surface area contributed by atoms with Crippen LogP contribution in [0.15, 0.2) is 24.3 Å². The number of amides is 1. The molecule has 2 N–H and O–H groups in total. The van der Waals surface area contributed by atoms with Gasteiger partial charge in [0.25, 0.3) is 0 Å². The Bertz CT molecular complexity index is 557. The number of carboxylic acids is 1. The molecule has 0 heterocycles. The summed E-state index contributed by atoms with van der Waals surface area (Å²) >= 11 is 0. The van der Waals surface area contributed by atoms with Gasteiger partial charge in [-0.3, -0.25) is 4.79 Å². The van der Waals surface area contributed by atoms with E-state index in [2.05, 4.69) is 5.32 Å². The van der Waals surface area contributed by atoms with Crippen LogP contribution in [0.2, 0.25) is 0 Å². The fraction of sp³-hybridized carbons (Fsp3) is 0.529.